The van der Waals surface area contributed by atoms with E-state index in [0.29, 0.717) is 33.3 Å². The van der Waals surface area contributed by atoms with Crippen molar-refractivity contribution in [3.63, 3.8) is 0 Å². The summed E-state index contributed by atoms with van der Waals surface area (Å²) in [6.45, 7) is 5.32. The van der Waals surface area contributed by atoms with Gasteiger partial charge in [0.2, 0.25) is 5.96 Å². The standard InChI is InChI=1S/C23H24ClN5O3/c1-23(2,3)32-20(30)13-28-18-7-5-4-6-17(18)21(31)14-8-9-16-15(10-14)11-27-12-19(16)29(24)22(25)26/h4-12,28H,13H2,1-3H3,(H3,25,26). The second-order valence-electron chi connectivity index (χ2n) is 8.08. The van der Waals surface area contributed by atoms with Crippen molar-refractivity contribution in [3.05, 3.63) is 66.0 Å². The Morgan fingerprint density at radius 2 is 1.91 bits per heavy atom. The molecule has 0 amide bonds. The minimum Gasteiger partial charge on any atom is -0.459 e. The van der Waals surface area contributed by atoms with E-state index in [1.54, 1.807) is 69.4 Å². The number of halogens is 1. The van der Waals surface area contributed by atoms with Gasteiger partial charge in [0.25, 0.3) is 0 Å². The number of pyridine rings is 1. The highest BCUT2D eigenvalue weighted by molar-refractivity contribution is 6.38. The number of nitrogens with one attached hydrogen (secondary N) is 2. The highest BCUT2D eigenvalue weighted by Gasteiger charge is 2.19. The Bertz CT molecular complexity index is 1190. The molecule has 8 nitrogen and oxygen atoms in total. The number of hydrogen-bond donors (Lipinski definition) is 3. The third-order valence-electron chi connectivity index (χ3n) is 4.44. The van der Waals surface area contributed by atoms with Crippen LogP contribution in [-0.4, -0.2) is 34.8 Å². The summed E-state index contributed by atoms with van der Waals surface area (Å²) in [5.41, 5.74) is 6.70. The molecule has 166 valence electrons. The van der Waals surface area contributed by atoms with Gasteiger partial charge < -0.3 is 15.8 Å². The van der Waals surface area contributed by atoms with Gasteiger partial charge in [-0.25, -0.2) is 4.42 Å². The van der Waals surface area contributed by atoms with Gasteiger partial charge >= 0.3 is 5.97 Å². The molecule has 3 aromatic rings. The van der Waals surface area contributed by atoms with Crippen LogP contribution < -0.4 is 15.5 Å². The molecule has 0 radical (unpaired) electrons. The number of para-hydroxylation sites is 1. The zero-order valence-electron chi connectivity index (χ0n) is 18.0. The Labute approximate surface area is 190 Å². The van der Waals surface area contributed by atoms with Gasteiger partial charge in [0, 0.05) is 45.6 Å². The number of benzene rings is 2. The Kier molecular flexibility index (Phi) is 6.64. The lowest BCUT2D eigenvalue weighted by Gasteiger charge is -2.20. The highest BCUT2D eigenvalue weighted by atomic mass is 35.5. The zero-order valence-corrected chi connectivity index (χ0v) is 18.7. The molecule has 3 rings (SSSR count). The second-order valence-corrected chi connectivity index (χ2v) is 8.41. The molecule has 0 saturated heterocycles. The van der Waals surface area contributed by atoms with Crippen LogP contribution in [0.25, 0.3) is 10.8 Å². The molecular formula is C23H24ClN5O3. The van der Waals surface area contributed by atoms with E-state index < -0.39 is 11.6 Å². The summed E-state index contributed by atoms with van der Waals surface area (Å²) in [5.74, 6) is -0.981. The van der Waals surface area contributed by atoms with Crippen LogP contribution in [0.15, 0.2) is 54.9 Å². The molecule has 1 aromatic heterocycles. The maximum absolute atomic E-state index is 13.2. The minimum atomic E-state index is -0.590. The lowest BCUT2D eigenvalue weighted by molar-refractivity contribution is -0.152. The quantitative estimate of drug-likeness (QED) is 0.169. The predicted molar refractivity (Wildman–Crippen MR) is 126 cm³/mol. The molecule has 4 N–H and O–H groups in total. The third kappa shape index (κ3) is 5.33. The molecule has 0 saturated carbocycles. The molecule has 0 aliphatic carbocycles. The Balaban J connectivity index is 1.88. The van der Waals surface area contributed by atoms with Crippen molar-refractivity contribution in [3.8, 4) is 0 Å². The third-order valence-corrected chi connectivity index (χ3v) is 4.80. The summed E-state index contributed by atoms with van der Waals surface area (Å²) in [7, 11) is 0. The van der Waals surface area contributed by atoms with E-state index in [1.165, 1.54) is 6.20 Å². The summed E-state index contributed by atoms with van der Waals surface area (Å²) in [5, 5.41) is 11.9. The normalized spacial score (nSPS) is 11.1. The molecular weight excluding hydrogens is 430 g/mol. The minimum absolute atomic E-state index is 0.0663. The Morgan fingerprint density at radius 1 is 1.19 bits per heavy atom. The van der Waals surface area contributed by atoms with Crippen molar-refractivity contribution in [2.75, 3.05) is 16.3 Å². The molecule has 0 spiro atoms. The SMILES string of the molecule is CC(C)(C)OC(=O)CNc1ccccc1C(=O)c1ccc2c(N(Cl)C(=N)N)cncc2c1. The number of fused-ring (bicyclic) bond motifs is 1. The Hall–Kier alpha value is -3.65. The lowest BCUT2D eigenvalue weighted by atomic mass is 9.99. The molecule has 0 fully saturated rings. The number of carbonyl (C=O) groups is 2. The molecule has 9 heteroatoms. The van der Waals surface area contributed by atoms with Crippen LogP contribution in [0.2, 0.25) is 0 Å². The molecule has 0 atom stereocenters. The van der Waals surface area contributed by atoms with Gasteiger partial charge in [0.1, 0.15) is 12.1 Å². The largest absolute Gasteiger partial charge is 0.459 e. The van der Waals surface area contributed by atoms with Crippen molar-refractivity contribution < 1.29 is 14.3 Å². The van der Waals surface area contributed by atoms with Crippen molar-refractivity contribution in [1.82, 2.24) is 4.98 Å². The number of rotatable bonds is 6. The number of hydrogen-bond acceptors (Lipinski definition) is 6. The fourth-order valence-corrected chi connectivity index (χ4v) is 3.26. The molecule has 0 bridgehead atoms. The van der Waals surface area contributed by atoms with Gasteiger partial charge in [0.05, 0.1) is 11.9 Å². The number of carbonyl (C=O) groups excluding carboxylic acids is 2. The average molecular weight is 454 g/mol. The predicted octanol–water partition coefficient (Wildman–Crippen LogP) is 4.07. The number of aromatic nitrogens is 1. The lowest BCUT2D eigenvalue weighted by Crippen LogP contribution is -2.28. The summed E-state index contributed by atoms with van der Waals surface area (Å²) < 4.78 is 6.30. The first-order valence-electron chi connectivity index (χ1n) is 9.84. The van der Waals surface area contributed by atoms with Crippen LogP contribution >= 0.6 is 11.8 Å². The Morgan fingerprint density at radius 3 is 2.59 bits per heavy atom. The van der Waals surface area contributed by atoms with Gasteiger partial charge in [-0.3, -0.25) is 20.0 Å². The number of nitrogens with two attached hydrogens (primary N) is 1. The summed E-state index contributed by atoms with van der Waals surface area (Å²) in [6.07, 6.45) is 3.10. The van der Waals surface area contributed by atoms with Crippen LogP contribution in [0.3, 0.4) is 0 Å². The molecule has 0 aliphatic heterocycles. The van der Waals surface area contributed by atoms with Gasteiger partial charge in [-0.15, -0.1) is 0 Å². The van der Waals surface area contributed by atoms with Gasteiger partial charge in [-0.2, -0.15) is 0 Å². The second kappa shape index (κ2) is 9.23. The molecule has 1 heterocycles. The fourth-order valence-electron chi connectivity index (χ4n) is 3.12. The van der Waals surface area contributed by atoms with Crippen LogP contribution in [0, 0.1) is 5.41 Å². The number of anilines is 2. The molecule has 2 aromatic carbocycles. The molecule has 0 aliphatic rings. The topological polar surface area (TPSA) is 121 Å². The van der Waals surface area contributed by atoms with Crippen molar-refractivity contribution in [1.29, 1.82) is 5.41 Å². The fraction of sp³-hybridized carbons (Fsp3) is 0.217. The van der Waals surface area contributed by atoms with E-state index in [4.69, 9.17) is 27.7 Å². The average Bonchev–Trinajstić information content (AvgIpc) is 2.74. The number of guanidine groups is 1. The first-order chi connectivity index (χ1) is 15.1. The van der Waals surface area contributed by atoms with Gasteiger partial charge in [-0.1, -0.05) is 24.3 Å². The van der Waals surface area contributed by atoms with Crippen molar-refractivity contribution in [2.24, 2.45) is 5.73 Å². The van der Waals surface area contributed by atoms with Crippen LogP contribution in [-0.2, 0) is 9.53 Å². The van der Waals surface area contributed by atoms with Gasteiger partial charge in [-0.05, 0) is 39.0 Å². The monoisotopic (exact) mass is 453 g/mol. The number of nitrogens with zero attached hydrogens (tertiary/aromatic N) is 2. The maximum Gasteiger partial charge on any atom is 0.325 e. The van der Waals surface area contributed by atoms with E-state index >= 15 is 0 Å². The first-order valence-corrected chi connectivity index (χ1v) is 10.2. The van der Waals surface area contributed by atoms with Crippen LogP contribution in [0.4, 0.5) is 11.4 Å². The maximum atomic E-state index is 13.2. The van der Waals surface area contributed by atoms with E-state index in [2.05, 4.69) is 10.3 Å². The van der Waals surface area contributed by atoms with E-state index in [0.717, 1.165) is 4.42 Å². The summed E-state index contributed by atoms with van der Waals surface area (Å²) in [4.78, 5) is 29.4. The highest BCUT2D eigenvalue weighted by Crippen LogP contribution is 2.29. The van der Waals surface area contributed by atoms with Crippen LogP contribution in [0.5, 0.6) is 0 Å². The van der Waals surface area contributed by atoms with Crippen molar-refractivity contribution in [2.45, 2.75) is 26.4 Å². The zero-order chi connectivity index (χ0) is 23.5. The first kappa shape index (κ1) is 23.0. The van der Waals surface area contributed by atoms with E-state index in [-0.39, 0.29) is 18.3 Å². The number of ketones is 1. The summed E-state index contributed by atoms with van der Waals surface area (Å²) >= 11 is 6.07. The van der Waals surface area contributed by atoms with E-state index in [9.17, 15) is 9.59 Å². The molecule has 32 heavy (non-hydrogen) atoms. The number of ether oxygens (including phenoxy) is 1. The van der Waals surface area contributed by atoms with Gasteiger partial charge in [0.15, 0.2) is 5.78 Å². The summed E-state index contributed by atoms with van der Waals surface area (Å²) in [6, 6.07) is 12.1. The smallest absolute Gasteiger partial charge is 0.325 e. The number of esters is 1. The van der Waals surface area contributed by atoms with Crippen LogP contribution in [0.1, 0.15) is 36.7 Å². The van der Waals surface area contributed by atoms with Crippen molar-refractivity contribution >= 4 is 51.6 Å². The molecule has 0 unspecified atom stereocenters. The van der Waals surface area contributed by atoms with E-state index in [1.807, 2.05) is 0 Å².